The molecule has 0 aromatic carbocycles. The molecule has 1 heterocycles. The summed E-state index contributed by atoms with van der Waals surface area (Å²) in [6.07, 6.45) is 4.45. The van der Waals surface area contributed by atoms with Gasteiger partial charge in [0.1, 0.15) is 6.61 Å². The lowest BCUT2D eigenvalue weighted by molar-refractivity contribution is -0.143. The van der Waals surface area contributed by atoms with E-state index in [9.17, 15) is 9.59 Å². The standard InChI is InChI=1S/C13H22N2O3/c1-18-10-12(16)14-6-8-15(9-7-14)13(17)11-4-2-3-5-11/h11H,2-10H2,1H3. The smallest absolute Gasteiger partial charge is 0.248 e. The van der Waals surface area contributed by atoms with Crippen molar-refractivity contribution in [1.82, 2.24) is 9.80 Å². The van der Waals surface area contributed by atoms with E-state index in [-0.39, 0.29) is 18.4 Å². The van der Waals surface area contributed by atoms with E-state index in [1.807, 2.05) is 4.90 Å². The summed E-state index contributed by atoms with van der Waals surface area (Å²) in [7, 11) is 1.53. The molecular weight excluding hydrogens is 232 g/mol. The lowest BCUT2D eigenvalue weighted by Gasteiger charge is -2.35. The predicted molar refractivity (Wildman–Crippen MR) is 67.0 cm³/mol. The molecular formula is C13H22N2O3. The maximum Gasteiger partial charge on any atom is 0.248 e. The molecule has 0 atom stereocenters. The van der Waals surface area contributed by atoms with Gasteiger partial charge >= 0.3 is 0 Å². The summed E-state index contributed by atoms with van der Waals surface area (Å²) >= 11 is 0. The molecule has 0 aromatic heterocycles. The average molecular weight is 254 g/mol. The van der Waals surface area contributed by atoms with E-state index in [2.05, 4.69) is 0 Å². The zero-order chi connectivity index (χ0) is 13.0. The van der Waals surface area contributed by atoms with Crippen molar-refractivity contribution in [3.05, 3.63) is 0 Å². The SMILES string of the molecule is COCC(=O)N1CCN(C(=O)C2CCCC2)CC1. The third-order valence-electron chi connectivity index (χ3n) is 3.92. The predicted octanol–water partition coefficient (Wildman–Crippen LogP) is 0.494. The largest absolute Gasteiger partial charge is 0.375 e. The fourth-order valence-corrected chi connectivity index (χ4v) is 2.82. The Hall–Kier alpha value is -1.10. The maximum atomic E-state index is 12.2. The summed E-state index contributed by atoms with van der Waals surface area (Å²) in [4.78, 5) is 27.5. The Morgan fingerprint density at radius 3 is 2.17 bits per heavy atom. The highest BCUT2D eigenvalue weighted by Crippen LogP contribution is 2.26. The third-order valence-corrected chi connectivity index (χ3v) is 3.92. The van der Waals surface area contributed by atoms with E-state index in [0.29, 0.717) is 32.1 Å². The van der Waals surface area contributed by atoms with Crippen molar-refractivity contribution < 1.29 is 14.3 Å². The van der Waals surface area contributed by atoms with Gasteiger partial charge in [-0.25, -0.2) is 0 Å². The third kappa shape index (κ3) is 3.02. The minimum absolute atomic E-state index is 0.0189. The lowest BCUT2D eigenvalue weighted by Crippen LogP contribution is -2.52. The number of hydrogen-bond acceptors (Lipinski definition) is 3. The van der Waals surface area contributed by atoms with Crippen LogP contribution >= 0.6 is 0 Å². The van der Waals surface area contributed by atoms with Crippen molar-refractivity contribution in [2.24, 2.45) is 5.92 Å². The summed E-state index contributed by atoms with van der Waals surface area (Å²) in [5.74, 6) is 0.558. The molecule has 0 bridgehead atoms. The molecule has 0 spiro atoms. The van der Waals surface area contributed by atoms with Crippen molar-refractivity contribution >= 4 is 11.8 Å². The van der Waals surface area contributed by atoms with Crippen LogP contribution in [0.25, 0.3) is 0 Å². The number of carbonyl (C=O) groups is 2. The Morgan fingerprint density at radius 1 is 1.06 bits per heavy atom. The Balaban J connectivity index is 1.79. The maximum absolute atomic E-state index is 12.2. The molecule has 0 N–H and O–H groups in total. The normalized spacial score (nSPS) is 21.4. The van der Waals surface area contributed by atoms with Crippen LogP contribution < -0.4 is 0 Å². The summed E-state index contributed by atoms with van der Waals surface area (Å²) in [5, 5.41) is 0. The minimum Gasteiger partial charge on any atom is -0.375 e. The second-order valence-electron chi connectivity index (χ2n) is 5.12. The second-order valence-corrected chi connectivity index (χ2v) is 5.12. The Labute approximate surface area is 108 Å². The van der Waals surface area contributed by atoms with Crippen LogP contribution in [-0.4, -0.2) is 61.5 Å². The molecule has 0 aromatic rings. The molecule has 102 valence electrons. The van der Waals surface area contributed by atoms with E-state index in [0.717, 1.165) is 12.8 Å². The van der Waals surface area contributed by atoms with Gasteiger partial charge in [0.15, 0.2) is 0 Å². The van der Waals surface area contributed by atoms with Gasteiger partial charge in [-0.1, -0.05) is 12.8 Å². The molecule has 1 aliphatic heterocycles. The number of methoxy groups -OCH3 is 1. The second kappa shape index (κ2) is 6.18. The first kappa shape index (κ1) is 13.3. The summed E-state index contributed by atoms with van der Waals surface area (Å²) in [5.41, 5.74) is 0. The number of ether oxygens (including phenoxy) is 1. The monoisotopic (exact) mass is 254 g/mol. The first-order valence-corrected chi connectivity index (χ1v) is 6.78. The van der Waals surface area contributed by atoms with Crippen LogP contribution in [0, 0.1) is 5.92 Å². The van der Waals surface area contributed by atoms with Crippen molar-refractivity contribution in [2.45, 2.75) is 25.7 Å². The first-order chi connectivity index (χ1) is 8.72. The van der Waals surface area contributed by atoms with Gasteiger partial charge in [-0.15, -0.1) is 0 Å². The van der Waals surface area contributed by atoms with Crippen molar-refractivity contribution in [2.75, 3.05) is 39.9 Å². The van der Waals surface area contributed by atoms with Gasteiger partial charge in [-0.3, -0.25) is 9.59 Å². The zero-order valence-corrected chi connectivity index (χ0v) is 11.1. The topological polar surface area (TPSA) is 49.9 Å². The molecule has 18 heavy (non-hydrogen) atoms. The van der Waals surface area contributed by atoms with Gasteiger partial charge in [0.2, 0.25) is 11.8 Å². The number of hydrogen-bond donors (Lipinski definition) is 0. The van der Waals surface area contributed by atoms with Gasteiger partial charge < -0.3 is 14.5 Å². The van der Waals surface area contributed by atoms with Crippen LogP contribution in [-0.2, 0) is 14.3 Å². The molecule has 2 amide bonds. The van der Waals surface area contributed by atoms with Crippen LogP contribution in [0.2, 0.25) is 0 Å². The number of carbonyl (C=O) groups excluding carboxylic acids is 2. The summed E-state index contributed by atoms with van der Waals surface area (Å²) in [6, 6.07) is 0. The van der Waals surface area contributed by atoms with E-state index in [1.165, 1.54) is 20.0 Å². The Kier molecular flexibility index (Phi) is 4.58. The molecule has 1 aliphatic carbocycles. The van der Waals surface area contributed by atoms with E-state index in [4.69, 9.17) is 4.74 Å². The molecule has 2 rings (SSSR count). The molecule has 0 radical (unpaired) electrons. The van der Waals surface area contributed by atoms with Crippen LogP contribution in [0.4, 0.5) is 0 Å². The van der Waals surface area contributed by atoms with Crippen molar-refractivity contribution in [1.29, 1.82) is 0 Å². The number of nitrogens with zero attached hydrogens (tertiary/aromatic N) is 2. The average Bonchev–Trinajstić information content (AvgIpc) is 2.92. The molecule has 5 heteroatoms. The fraction of sp³-hybridized carbons (Fsp3) is 0.846. The zero-order valence-electron chi connectivity index (χ0n) is 11.1. The van der Waals surface area contributed by atoms with Crippen molar-refractivity contribution in [3.63, 3.8) is 0 Å². The number of amides is 2. The number of piperazine rings is 1. The van der Waals surface area contributed by atoms with E-state index >= 15 is 0 Å². The van der Waals surface area contributed by atoms with Crippen LogP contribution in [0.15, 0.2) is 0 Å². The Morgan fingerprint density at radius 2 is 1.61 bits per heavy atom. The van der Waals surface area contributed by atoms with Crippen molar-refractivity contribution in [3.8, 4) is 0 Å². The summed E-state index contributed by atoms with van der Waals surface area (Å²) in [6.45, 7) is 2.76. The molecule has 2 fully saturated rings. The molecule has 5 nitrogen and oxygen atoms in total. The van der Waals surface area contributed by atoms with E-state index in [1.54, 1.807) is 4.90 Å². The van der Waals surface area contributed by atoms with Gasteiger partial charge in [0, 0.05) is 39.2 Å². The highest BCUT2D eigenvalue weighted by atomic mass is 16.5. The lowest BCUT2D eigenvalue weighted by atomic mass is 10.1. The highest BCUT2D eigenvalue weighted by molar-refractivity contribution is 5.80. The molecule has 1 saturated heterocycles. The molecule has 1 saturated carbocycles. The number of rotatable bonds is 3. The quantitative estimate of drug-likeness (QED) is 0.736. The fourth-order valence-electron chi connectivity index (χ4n) is 2.82. The van der Waals surface area contributed by atoms with Gasteiger partial charge in [-0.2, -0.15) is 0 Å². The van der Waals surface area contributed by atoms with Crippen LogP contribution in [0.3, 0.4) is 0 Å². The minimum atomic E-state index is 0.0189. The first-order valence-electron chi connectivity index (χ1n) is 6.78. The van der Waals surface area contributed by atoms with Gasteiger partial charge in [-0.05, 0) is 12.8 Å². The Bertz CT molecular complexity index is 305. The summed E-state index contributed by atoms with van der Waals surface area (Å²) < 4.78 is 4.84. The molecule has 0 unspecified atom stereocenters. The molecule has 2 aliphatic rings. The van der Waals surface area contributed by atoms with Gasteiger partial charge in [0.05, 0.1) is 0 Å². The van der Waals surface area contributed by atoms with Gasteiger partial charge in [0.25, 0.3) is 0 Å². The van der Waals surface area contributed by atoms with Crippen LogP contribution in [0.1, 0.15) is 25.7 Å². The van der Waals surface area contributed by atoms with Crippen LogP contribution in [0.5, 0.6) is 0 Å². The van der Waals surface area contributed by atoms with E-state index < -0.39 is 0 Å². The highest BCUT2D eigenvalue weighted by Gasteiger charge is 2.30.